The van der Waals surface area contributed by atoms with Crippen molar-refractivity contribution in [3.63, 3.8) is 0 Å². The number of carbonyl (C=O) groups excluding carboxylic acids is 3. The Balaban J connectivity index is 1.62. The lowest BCUT2D eigenvalue weighted by Crippen LogP contribution is -2.51. The number of Topliss-reactive ketones (excluding diaryl/α,β-unsaturated/α-hetero) is 1. The Morgan fingerprint density at radius 3 is 2.40 bits per heavy atom. The SMILES string of the molecule is Cc1cc(NC(=O)c2c(C)c(C(=O)C(=O)N[C@]3(C)CC[C@H](O)CC3)n(C)c2CC2CC2)ccc1F. The molecule has 7 nitrogen and oxygen atoms in total. The predicted octanol–water partition coefficient (Wildman–Crippen LogP) is 3.98. The van der Waals surface area contributed by atoms with Gasteiger partial charge in [-0.1, -0.05) is 0 Å². The van der Waals surface area contributed by atoms with Gasteiger partial charge in [0.25, 0.3) is 17.6 Å². The fourth-order valence-electron chi connectivity index (χ4n) is 5.07. The predicted molar refractivity (Wildman–Crippen MR) is 131 cm³/mol. The number of nitrogens with zero attached hydrogens (tertiary/aromatic N) is 1. The standard InChI is InChI=1S/C27H34FN3O4/c1-15-13-18(7-8-20(15)28)29-25(34)22-16(2)23(31(4)21(22)14-17-5-6-17)24(33)26(35)30-27(3)11-9-19(32)10-12-27/h7-8,13,17,19,32H,5-6,9-12,14H2,1-4H3,(H,29,34)(H,30,35)/t19-,27+. The van der Waals surface area contributed by atoms with E-state index < -0.39 is 17.2 Å². The van der Waals surface area contributed by atoms with Gasteiger partial charge in [-0.15, -0.1) is 0 Å². The number of aliphatic hydroxyl groups excluding tert-OH is 1. The van der Waals surface area contributed by atoms with Crippen LogP contribution in [0.15, 0.2) is 18.2 Å². The van der Waals surface area contributed by atoms with Crippen molar-refractivity contribution in [1.29, 1.82) is 0 Å². The molecule has 0 aliphatic heterocycles. The molecule has 2 fully saturated rings. The Morgan fingerprint density at radius 2 is 1.80 bits per heavy atom. The van der Waals surface area contributed by atoms with E-state index >= 15 is 0 Å². The molecule has 2 amide bonds. The van der Waals surface area contributed by atoms with Crippen molar-refractivity contribution in [3.8, 4) is 0 Å². The molecule has 8 heteroatoms. The number of rotatable bonds is 7. The summed E-state index contributed by atoms with van der Waals surface area (Å²) in [7, 11) is 1.72. The van der Waals surface area contributed by atoms with E-state index in [1.165, 1.54) is 12.1 Å². The topological polar surface area (TPSA) is 100 Å². The number of ketones is 1. The molecule has 0 radical (unpaired) electrons. The zero-order valence-electron chi connectivity index (χ0n) is 20.8. The van der Waals surface area contributed by atoms with Gasteiger partial charge in [0.1, 0.15) is 5.82 Å². The average Bonchev–Trinajstić information content (AvgIpc) is 3.58. The van der Waals surface area contributed by atoms with E-state index in [0.717, 1.165) is 18.5 Å². The summed E-state index contributed by atoms with van der Waals surface area (Å²) < 4.78 is 15.4. The Bertz CT molecular complexity index is 1170. The van der Waals surface area contributed by atoms with E-state index in [1.807, 2.05) is 6.92 Å². The summed E-state index contributed by atoms with van der Waals surface area (Å²) in [5.74, 6) is -1.66. The highest BCUT2D eigenvalue weighted by Crippen LogP contribution is 2.36. The number of aryl methyl sites for hydroxylation is 1. The number of benzene rings is 1. The van der Waals surface area contributed by atoms with Crippen LogP contribution in [0.2, 0.25) is 0 Å². The lowest BCUT2D eigenvalue weighted by atomic mass is 9.82. The van der Waals surface area contributed by atoms with Gasteiger partial charge in [-0.3, -0.25) is 14.4 Å². The molecule has 2 saturated carbocycles. The minimum absolute atomic E-state index is 0.207. The zero-order chi connectivity index (χ0) is 25.5. The first-order valence-corrected chi connectivity index (χ1v) is 12.3. The minimum Gasteiger partial charge on any atom is -0.393 e. The van der Waals surface area contributed by atoms with Gasteiger partial charge in [-0.05, 0) is 101 Å². The minimum atomic E-state index is -0.702. The van der Waals surface area contributed by atoms with Crippen molar-refractivity contribution in [2.75, 3.05) is 5.32 Å². The van der Waals surface area contributed by atoms with Crippen LogP contribution >= 0.6 is 0 Å². The molecule has 0 spiro atoms. The van der Waals surface area contributed by atoms with Gasteiger partial charge in [0.15, 0.2) is 0 Å². The fourth-order valence-corrected chi connectivity index (χ4v) is 5.07. The maximum Gasteiger partial charge on any atom is 0.294 e. The number of amides is 2. The van der Waals surface area contributed by atoms with Crippen LogP contribution in [-0.2, 0) is 18.3 Å². The molecule has 188 valence electrons. The molecule has 2 aliphatic rings. The third-order valence-electron chi connectivity index (χ3n) is 7.48. The van der Waals surface area contributed by atoms with Crippen molar-refractivity contribution in [2.24, 2.45) is 13.0 Å². The Morgan fingerprint density at radius 1 is 1.14 bits per heavy atom. The highest BCUT2D eigenvalue weighted by Gasteiger charge is 2.37. The Hall–Kier alpha value is -3.00. The van der Waals surface area contributed by atoms with Gasteiger partial charge < -0.3 is 20.3 Å². The van der Waals surface area contributed by atoms with Gasteiger partial charge in [-0.2, -0.15) is 0 Å². The van der Waals surface area contributed by atoms with Crippen LogP contribution in [0.1, 0.15) is 83.1 Å². The number of aromatic nitrogens is 1. The number of aliphatic hydroxyl groups is 1. The van der Waals surface area contributed by atoms with E-state index in [2.05, 4.69) is 10.6 Å². The molecule has 2 aliphatic carbocycles. The van der Waals surface area contributed by atoms with Crippen LogP contribution in [0.25, 0.3) is 0 Å². The van der Waals surface area contributed by atoms with E-state index in [-0.39, 0.29) is 23.5 Å². The summed E-state index contributed by atoms with van der Waals surface area (Å²) in [5.41, 5.74) is 2.12. The zero-order valence-corrected chi connectivity index (χ0v) is 20.8. The van der Waals surface area contributed by atoms with Crippen LogP contribution in [0.5, 0.6) is 0 Å². The largest absolute Gasteiger partial charge is 0.393 e. The lowest BCUT2D eigenvalue weighted by molar-refractivity contribution is -0.119. The molecule has 1 aromatic heterocycles. The third-order valence-corrected chi connectivity index (χ3v) is 7.48. The van der Waals surface area contributed by atoms with Crippen LogP contribution in [0, 0.1) is 25.6 Å². The van der Waals surface area contributed by atoms with Gasteiger partial charge >= 0.3 is 0 Å². The first-order chi connectivity index (χ1) is 16.5. The van der Waals surface area contributed by atoms with E-state index in [4.69, 9.17) is 0 Å². The second kappa shape index (κ2) is 9.57. The van der Waals surface area contributed by atoms with Crippen molar-refractivity contribution >= 4 is 23.3 Å². The number of halogens is 1. The van der Waals surface area contributed by atoms with Crippen molar-refractivity contribution in [1.82, 2.24) is 9.88 Å². The molecule has 3 N–H and O–H groups in total. The summed E-state index contributed by atoms with van der Waals surface area (Å²) in [5, 5.41) is 15.5. The molecular formula is C27H34FN3O4. The first kappa shape index (κ1) is 25.1. The molecule has 35 heavy (non-hydrogen) atoms. The van der Waals surface area contributed by atoms with Crippen LogP contribution < -0.4 is 10.6 Å². The highest BCUT2D eigenvalue weighted by atomic mass is 19.1. The monoisotopic (exact) mass is 483 g/mol. The molecule has 0 saturated heterocycles. The van der Waals surface area contributed by atoms with Crippen LogP contribution in [0.4, 0.5) is 10.1 Å². The number of hydrogen-bond donors (Lipinski definition) is 3. The molecule has 2 aromatic rings. The molecule has 0 bridgehead atoms. The summed E-state index contributed by atoms with van der Waals surface area (Å²) in [6.07, 6.45) is 4.75. The van der Waals surface area contributed by atoms with E-state index in [0.29, 0.717) is 60.4 Å². The maximum absolute atomic E-state index is 13.7. The quantitative estimate of drug-likeness (QED) is 0.410. The second-order valence-corrected chi connectivity index (χ2v) is 10.5. The Labute approximate surface area is 205 Å². The van der Waals surface area contributed by atoms with Crippen molar-refractivity contribution < 1.29 is 23.9 Å². The molecule has 1 aromatic carbocycles. The third kappa shape index (κ3) is 5.32. The molecule has 4 rings (SSSR count). The average molecular weight is 484 g/mol. The first-order valence-electron chi connectivity index (χ1n) is 12.3. The fraction of sp³-hybridized carbons (Fsp3) is 0.519. The van der Waals surface area contributed by atoms with Crippen LogP contribution in [-0.4, -0.2) is 38.9 Å². The molecule has 0 atom stereocenters. The summed E-state index contributed by atoms with van der Waals surface area (Å²) in [6.45, 7) is 5.21. The van der Waals surface area contributed by atoms with E-state index in [9.17, 15) is 23.9 Å². The van der Waals surface area contributed by atoms with Gasteiger partial charge in [0.05, 0.1) is 17.4 Å². The van der Waals surface area contributed by atoms with Gasteiger partial charge in [-0.25, -0.2) is 4.39 Å². The second-order valence-electron chi connectivity index (χ2n) is 10.5. The molecule has 1 heterocycles. The maximum atomic E-state index is 13.7. The smallest absolute Gasteiger partial charge is 0.294 e. The summed E-state index contributed by atoms with van der Waals surface area (Å²) in [4.78, 5) is 39.7. The molecule has 0 unspecified atom stereocenters. The number of hydrogen-bond acceptors (Lipinski definition) is 4. The van der Waals surface area contributed by atoms with Gasteiger partial charge in [0.2, 0.25) is 0 Å². The lowest BCUT2D eigenvalue weighted by Gasteiger charge is -2.36. The van der Waals surface area contributed by atoms with Crippen LogP contribution in [0.3, 0.4) is 0 Å². The number of anilines is 1. The van der Waals surface area contributed by atoms with Gasteiger partial charge in [0, 0.05) is 24.0 Å². The van der Waals surface area contributed by atoms with E-state index in [1.54, 1.807) is 31.5 Å². The number of carbonyl (C=O) groups is 3. The van der Waals surface area contributed by atoms with Crippen molar-refractivity contribution in [2.45, 2.75) is 77.4 Å². The summed E-state index contributed by atoms with van der Waals surface area (Å²) in [6, 6.07) is 4.37. The molecular weight excluding hydrogens is 449 g/mol. The van der Waals surface area contributed by atoms with Crippen molar-refractivity contribution in [3.05, 3.63) is 52.1 Å². The number of nitrogens with one attached hydrogen (secondary N) is 2. The normalized spacial score (nSPS) is 22.1. The highest BCUT2D eigenvalue weighted by molar-refractivity contribution is 6.43. The summed E-state index contributed by atoms with van der Waals surface area (Å²) >= 11 is 0. The Kier molecular flexibility index (Phi) is 6.86.